The number of halogens is 1. The summed E-state index contributed by atoms with van der Waals surface area (Å²) in [6, 6.07) is 1.93. The SMILES string of the molecule is CCCNC(=O)CN=C(NCC)NCc1cc(C(C)C)no1.I. The average molecular weight is 437 g/mol. The molecular formula is C15H28IN5O2. The highest BCUT2D eigenvalue weighted by molar-refractivity contribution is 14.0. The Balaban J connectivity index is 0.00000484. The number of nitrogens with zero attached hydrogens (tertiary/aromatic N) is 2. The summed E-state index contributed by atoms with van der Waals surface area (Å²) in [6.45, 7) is 10.1. The fourth-order valence-corrected chi connectivity index (χ4v) is 1.67. The number of aromatic nitrogens is 1. The summed E-state index contributed by atoms with van der Waals surface area (Å²) in [5.74, 6) is 1.57. The number of guanidine groups is 1. The van der Waals surface area contributed by atoms with Crippen molar-refractivity contribution in [2.75, 3.05) is 19.6 Å². The van der Waals surface area contributed by atoms with Gasteiger partial charge in [-0.25, -0.2) is 4.99 Å². The van der Waals surface area contributed by atoms with Crippen molar-refractivity contribution in [3.8, 4) is 0 Å². The van der Waals surface area contributed by atoms with E-state index in [0.717, 1.165) is 24.4 Å². The van der Waals surface area contributed by atoms with Crippen molar-refractivity contribution in [1.29, 1.82) is 0 Å². The normalized spacial score (nSPS) is 11.1. The van der Waals surface area contributed by atoms with Crippen LogP contribution in [0.5, 0.6) is 0 Å². The van der Waals surface area contributed by atoms with Crippen molar-refractivity contribution in [3.05, 3.63) is 17.5 Å². The van der Waals surface area contributed by atoms with Crippen LogP contribution in [-0.2, 0) is 11.3 Å². The van der Waals surface area contributed by atoms with Gasteiger partial charge in [0.25, 0.3) is 0 Å². The van der Waals surface area contributed by atoms with Gasteiger partial charge in [-0.05, 0) is 19.3 Å². The molecular weight excluding hydrogens is 409 g/mol. The summed E-state index contributed by atoms with van der Waals surface area (Å²) >= 11 is 0. The second-order valence-corrected chi connectivity index (χ2v) is 5.27. The smallest absolute Gasteiger partial charge is 0.241 e. The molecule has 8 heteroatoms. The Bertz CT molecular complexity index is 488. The largest absolute Gasteiger partial charge is 0.359 e. The quantitative estimate of drug-likeness (QED) is 0.329. The fraction of sp³-hybridized carbons (Fsp3) is 0.667. The maximum absolute atomic E-state index is 11.6. The molecule has 0 radical (unpaired) electrons. The van der Waals surface area contributed by atoms with E-state index in [1.165, 1.54) is 0 Å². The Morgan fingerprint density at radius 2 is 2.04 bits per heavy atom. The van der Waals surface area contributed by atoms with E-state index in [0.29, 0.717) is 25.0 Å². The van der Waals surface area contributed by atoms with Crippen molar-refractivity contribution < 1.29 is 9.32 Å². The minimum absolute atomic E-state index is 0. The molecule has 0 atom stereocenters. The van der Waals surface area contributed by atoms with Crippen LogP contribution in [0.1, 0.15) is 51.5 Å². The highest BCUT2D eigenvalue weighted by Crippen LogP contribution is 2.13. The molecule has 0 bridgehead atoms. The lowest BCUT2D eigenvalue weighted by atomic mass is 10.1. The molecule has 0 aromatic carbocycles. The van der Waals surface area contributed by atoms with Crippen LogP contribution >= 0.6 is 24.0 Å². The molecule has 1 rings (SSSR count). The van der Waals surface area contributed by atoms with E-state index in [1.807, 2.05) is 19.9 Å². The molecule has 0 aliphatic rings. The fourth-order valence-electron chi connectivity index (χ4n) is 1.67. The van der Waals surface area contributed by atoms with Crippen LogP contribution in [0.4, 0.5) is 0 Å². The molecule has 132 valence electrons. The molecule has 23 heavy (non-hydrogen) atoms. The Morgan fingerprint density at radius 1 is 1.30 bits per heavy atom. The zero-order chi connectivity index (χ0) is 16.4. The van der Waals surface area contributed by atoms with Crippen LogP contribution in [0, 0.1) is 0 Å². The van der Waals surface area contributed by atoms with Crippen LogP contribution in [0.2, 0.25) is 0 Å². The third kappa shape index (κ3) is 8.77. The molecule has 1 aromatic rings. The molecule has 1 amide bonds. The van der Waals surface area contributed by atoms with Gasteiger partial charge in [-0.2, -0.15) is 0 Å². The highest BCUT2D eigenvalue weighted by Gasteiger charge is 2.08. The number of carbonyl (C=O) groups is 1. The van der Waals surface area contributed by atoms with Gasteiger partial charge < -0.3 is 20.5 Å². The maximum Gasteiger partial charge on any atom is 0.241 e. The molecule has 3 N–H and O–H groups in total. The number of carbonyl (C=O) groups excluding carboxylic acids is 1. The summed E-state index contributed by atoms with van der Waals surface area (Å²) in [7, 11) is 0. The lowest BCUT2D eigenvalue weighted by molar-refractivity contribution is -0.119. The van der Waals surface area contributed by atoms with E-state index in [2.05, 4.69) is 39.9 Å². The summed E-state index contributed by atoms with van der Waals surface area (Å²) in [5.41, 5.74) is 0.928. The van der Waals surface area contributed by atoms with E-state index < -0.39 is 0 Å². The van der Waals surface area contributed by atoms with E-state index in [1.54, 1.807) is 0 Å². The molecule has 0 spiro atoms. The zero-order valence-electron chi connectivity index (χ0n) is 14.3. The number of hydrogen-bond donors (Lipinski definition) is 3. The lowest BCUT2D eigenvalue weighted by Gasteiger charge is -2.09. The predicted octanol–water partition coefficient (Wildman–Crippen LogP) is 2.00. The van der Waals surface area contributed by atoms with Crippen LogP contribution in [-0.4, -0.2) is 36.7 Å². The zero-order valence-corrected chi connectivity index (χ0v) is 16.6. The molecule has 7 nitrogen and oxygen atoms in total. The number of aliphatic imine (C=N–C) groups is 1. The molecule has 1 aromatic heterocycles. The lowest BCUT2D eigenvalue weighted by Crippen LogP contribution is -2.38. The monoisotopic (exact) mass is 437 g/mol. The van der Waals surface area contributed by atoms with Crippen LogP contribution < -0.4 is 16.0 Å². The molecule has 0 aliphatic heterocycles. The Hall–Kier alpha value is -1.32. The summed E-state index contributed by atoms with van der Waals surface area (Å²) < 4.78 is 5.26. The van der Waals surface area contributed by atoms with Gasteiger partial charge in [-0.1, -0.05) is 25.9 Å². The van der Waals surface area contributed by atoms with Gasteiger partial charge in [0, 0.05) is 19.2 Å². The van der Waals surface area contributed by atoms with Gasteiger partial charge in [-0.15, -0.1) is 24.0 Å². The van der Waals surface area contributed by atoms with Crippen molar-refractivity contribution in [2.24, 2.45) is 4.99 Å². The molecule has 1 heterocycles. The van der Waals surface area contributed by atoms with Gasteiger partial charge in [0.1, 0.15) is 6.54 Å². The molecule has 0 saturated carbocycles. The first-order valence-electron chi connectivity index (χ1n) is 7.81. The van der Waals surface area contributed by atoms with Gasteiger partial charge >= 0.3 is 0 Å². The summed E-state index contributed by atoms with van der Waals surface area (Å²) in [6.07, 6.45) is 0.914. The highest BCUT2D eigenvalue weighted by atomic mass is 127. The topological polar surface area (TPSA) is 91.5 Å². The average Bonchev–Trinajstić information content (AvgIpc) is 2.97. The Kier molecular flexibility index (Phi) is 11.4. The van der Waals surface area contributed by atoms with Crippen molar-refractivity contribution >= 4 is 35.8 Å². The predicted molar refractivity (Wildman–Crippen MR) is 102 cm³/mol. The van der Waals surface area contributed by atoms with Crippen molar-refractivity contribution in [2.45, 2.75) is 46.6 Å². The van der Waals surface area contributed by atoms with E-state index in [9.17, 15) is 4.79 Å². The van der Waals surface area contributed by atoms with E-state index in [-0.39, 0.29) is 36.4 Å². The Labute approximate surface area is 155 Å². The minimum Gasteiger partial charge on any atom is -0.359 e. The van der Waals surface area contributed by atoms with Crippen molar-refractivity contribution in [1.82, 2.24) is 21.1 Å². The molecule has 0 saturated heterocycles. The number of hydrogen-bond acceptors (Lipinski definition) is 4. The third-order valence-electron chi connectivity index (χ3n) is 2.90. The van der Waals surface area contributed by atoms with Gasteiger partial charge in [0.2, 0.25) is 5.91 Å². The Morgan fingerprint density at radius 3 is 2.61 bits per heavy atom. The molecule has 0 aliphatic carbocycles. The molecule has 0 unspecified atom stereocenters. The summed E-state index contributed by atoms with van der Waals surface area (Å²) in [5, 5.41) is 13.0. The first-order valence-corrected chi connectivity index (χ1v) is 7.81. The number of amides is 1. The van der Waals surface area contributed by atoms with Crippen molar-refractivity contribution in [3.63, 3.8) is 0 Å². The first-order chi connectivity index (χ1) is 10.6. The van der Waals surface area contributed by atoms with Gasteiger partial charge in [0.15, 0.2) is 11.7 Å². The second-order valence-electron chi connectivity index (χ2n) is 5.27. The van der Waals surface area contributed by atoms with Gasteiger partial charge in [0.05, 0.1) is 12.2 Å². The van der Waals surface area contributed by atoms with E-state index in [4.69, 9.17) is 4.52 Å². The minimum atomic E-state index is -0.0826. The van der Waals surface area contributed by atoms with Crippen LogP contribution in [0.15, 0.2) is 15.6 Å². The second kappa shape index (κ2) is 12.1. The maximum atomic E-state index is 11.6. The van der Waals surface area contributed by atoms with Crippen LogP contribution in [0.3, 0.4) is 0 Å². The van der Waals surface area contributed by atoms with Gasteiger partial charge in [-0.3, -0.25) is 4.79 Å². The first kappa shape index (κ1) is 21.7. The summed E-state index contributed by atoms with van der Waals surface area (Å²) in [4.78, 5) is 15.8. The standard InChI is InChI=1S/C15H27N5O2.HI/c1-5-7-17-14(21)10-19-15(16-6-2)18-9-12-8-13(11(3)4)20-22-12;/h8,11H,5-7,9-10H2,1-4H3,(H,17,21)(H2,16,18,19);1H. The number of nitrogens with one attached hydrogen (secondary N) is 3. The van der Waals surface area contributed by atoms with E-state index >= 15 is 0 Å². The molecule has 0 fully saturated rings. The van der Waals surface area contributed by atoms with Crippen LogP contribution in [0.25, 0.3) is 0 Å². The third-order valence-corrected chi connectivity index (χ3v) is 2.90. The number of rotatable bonds is 8.